The number of nitrogens with one attached hydrogen (secondary N) is 1. The fourth-order valence-corrected chi connectivity index (χ4v) is 2.37. The molecule has 0 aromatic heterocycles. The van der Waals surface area contributed by atoms with Crippen LogP contribution in [0.5, 0.6) is 11.5 Å². The number of anilines is 1. The average molecular weight is 334 g/mol. The number of ether oxygens (including phenoxy) is 2. The third-order valence-electron chi connectivity index (χ3n) is 3.43. The van der Waals surface area contributed by atoms with Crippen LogP contribution in [0.3, 0.4) is 0 Å². The first-order valence-corrected chi connectivity index (χ1v) is 7.79. The first-order chi connectivity index (χ1) is 11.0. The van der Waals surface area contributed by atoms with Crippen LogP contribution in [0.4, 0.5) is 5.69 Å². The molecule has 2 aromatic rings. The first kappa shape index (κ1) is 17.2. The van der Waals surface area contributed by atoms with Crippen LogP contribution < -0.4 is 14.8 Å². The molecule has 1 unspecified atom stereocenters. The number of methoxy groups -OCH3 is 1. The van der Waals surface area contributed by atoms with Crippen LogP contribution in [0.25, 0.3) is 0 Å². The highest BCUT2D eigenvalue weighted by Crippen LogP contribution is 2.23. The molecule has 4 nitrogen and oxygen atoms in total. The molecule has 2 aromatic carbocycles. The standard InChI is InChI=1S/C18H20ClNO3/c1-4-17(23-15-7-5-6-14(11-15)22-3)18(21)20-16-9-8-13(19)10-12(16)2/h5-11,17H,4H2,1-3H3,(H,20,21). The van der Waals surface area contributed by atoms with Crippen LogP contribution in [-0.4, -0.2) is 19.1 Å². The number of rotatable bonds is 6. The van der Waals surface area contributed by atoms with E-state index in [2.05, 4.69) is 5.32 Å². The van der Waals surface area contributed by atoms with Crippen LogP contribution in [0, 0.1) is 6.92 Å². The van der Waals surface area contributed by atoms with Gasteiger partial charge in [-0.1, -0.05) is 24.6 Å². The summed E-state index contributed by atoms with van der Waals surface area (Å²) in [7, 11) is 1.59. The molecule has 0 saturated carbocycles. The summed E-state index contributed by atoms with van der Waals surface area (Å²) in [5.41, 5.74) is 1.63. The molecule has 0 bridgehead atoms. The Hall–Kier alpha value is -2.20. The van der Waals surface area contributed by atoms with Gasteiger partial charge in [0, 0.05) is 16.8 Å². The van der Waals surface area contributed by atoms with E-state index in [9.17, 15) is 4.79 Å². The summed E-state index contributed by atoms with van der Waals surface area (Å²) in [6.45, 7) is 3.80. The Morgan fingerprint density at radius 1 is 1.22 bits per heavy atom. The van der Waals surface area contributed by atoms with Gasteiger partial charge in [0.1, 0.15) is 11.5 Å². The van der Waals surface area contributed by atoms with Crippen molar-refractivity contribution in [2.24, 2.45) is 0 Å². The minimum Gasteiger partial charge on any atom is -0.497 e. The van der Waals surface area contributed by atoms with Crippen molar-refractivity contribution in [2.75, 3.05) is 12.4 Å². The van der Waals surface area contributed by atoms with Crippen molar-refractivity contribution >= 4 is 23.2 Å². The van der Waals surface area contributed by atoms with Crippen LogP contribution in [-0.2, 0) is 4.79 Å². The smallest absolute Gasteiger partial charge is 0.265 e. The summed E-state index contributed by atoms with van der Waals surface area (Å²) >= 11 is 5.93. The molecule has 1 amide bonds. The quantitative estimate of drug-likeness (QED) is 0.849. The molecule has 0 saturated heterocycles. The lowest BCUT2D eigenvalue weighted by Gasteiger charge is -2.18. The van der Waals surface area contributed by atoms with Gasteiger partial charge < -0.3 is 14.8 Å². The Morgan fingerprint density at radius 2 is 1.96 bits per heavy atom. The van der Waals surface area contributed by atoms with E-state index in [4.69, 9.17) is 21.1 Å². The Balaban J connectivity index is 2.08. The third kappa shape index (κ3) is 4.63. The zero-order chi connectivity index (χ0) is 16.8. The average Bonchev–Trinajstić information content (AvgIpc) is 2.55. The monoisotopic (exact) mass is 333 g/mol. The van der Waals surface area contributed by atoms with Crippen molar-refractivity contribution in [3.63, 3.8) is 0 Å². The number of benzene rings is 2. The second-order valence-corrected chi connectivity index (χ2v) is 5.58. The molecule has 1 N–H and O–H groups in total. The van der Waals surface area contributed by atoms with Gasteiger partial charge in [0.25, 0.3) is 5.91 Å². The summed E-state index contributed by atoms with van der Waals surface area (Å²) in [5, 5.41) is 3.52. The number of carbonyl (C=O) groups is 1. The van der Waals surface area contributed by atoms with E-state index in [-0.39, 0.29) is 5.91 Å². The fraction of sp³-hybridized carbons (Fsp3) is 0.278. The Morgan fingerprint density at radius 3 is 2.61 bits per heavy atom. The molecule has 0 aliphatic rings. The minimum atomic E-state index is -0.586. The Labute approximate surface area is 141 Å². The Bertz CT molecular complexity index is 688. The SMILES string of the molecule is CCC(Oc1cccc(OC)c1)C(=O)Nc1ccc(Cl)cc1C. The molecular weight excluding hydrogens is 314 g/mol. The van der Waals surface area contributed by atoms with Gasteiger partial charge in [0.2, 0.25) is 0 Å². The van der Waals surface area contributed by atoms with Gasteiger partial charge in [0.05, 0.1) is 7.11 Å². The van der Waals surface area contributed by atoms with E-state index in [1.807, 2.05) is 26.0 Å². The number of hydrogen-bond donors (Lipinski definition) is 1. The van der Waals surface area contributed by atoms with Gasteiger partial charge >= 0.3 is 0 Å². The van der Waals surface area contributed by atoms with Gasteiger partial charge in [-0.2, -0.15) is 0 Å². The molecule has 23 heavy (non-hydrogen) atoms. The summed E-state index contributed by atoms with van der Waals surface area (Å²) in [5.74, 6) is 1.09. The predicted molar refractivity (Wildman–Crippen MR) is 92.5 cm³/mol. The lowest BCUT2D eigenvalue weighted by molar-refractivity contribution is -0.122. The van der Waals surface area contributed by atoms with Gasteiger partial charge in [-0.05, 0) is 49.2 Å². The third-order valence-corrected chi connectivity index (χ3v) is 3.66. The summed E-state index contributed by atoms with van der Waals surface area (Å²) in [4.78, 5) is 12.4. The molecule has 0 aliphatic carbocycles. The second kappa shape index (κ2) is 7.88. The molecular formula is C18H20ClNO3. The van der Waals surface area contributed by atoms with Crippen molar-refractivity contribution in [2.45, 2.75) is 26.4 Å². The largest absolute Gasteiger partial charge is 0.497 e. The predicted octanol–water partition coefficient (Wildman–Crippen LogP) is 4.45. The van der Waals surface area contributed by atoms with E-state index in [0.717, 1.165) is 11.3 Å². The number of carbonyl (C=O) groups excluding carboxylic acids is 1. The molecule has 2 rings (SSSR count). The number of amides is 1. The lowest BCUT2D eigenvalue weighted by atomic mass is 10.2. The molecule has 0 heterocycles. The van der Waals surface area contributed by atoms with E-state index >= 15 is 0 Å². The van der Waals surface area contributed by atoms with Crippen LogP contribution in [0.2, 0.25) is 5.02 Å². The van der Waals surface area contributed by atoms with E-state index < -0.39 is 6.10 Å². The van der Waals surface area contributed by atoms with Crippen LogP contribution >= 0.6 is 11.6 Å². The highest BCUT2D eigenvalue weighted by Gasteiger charge is 2.19. The number of halogens is 1. The lowest BCUT2D eigenvalue weighted by Crippen LogP contribution is -2.32. The van der Waals surface area contributed by atoms with Gasteiger partial charge in [-0.3, -0.25) is 4.79 Å². The number of hydrogen-bond acceptors (Lipinski definition) is 3. The fourth-order valence-electron chi connectivity index (χ4n) is 2.14. The maximum absolute atomic E-state index is 12.4. The summed E-state index contributed by atoms with van der Waals surface area (Å²) in [6, 6.07) is 12.5. The topological polar surface area (TPSA) is 47.6 Å². The second-order valence-electron chi connectivity index (χ2n) is 5.14. The molecule has 1 atom stereocenters. The van der Waals surface area contributed by atoms with Crippen molar-refractivity contribution in [1.29, 1.82) is 0 Å². The maximum Gasteiger partial charge on any atom is 0.265 e. The normalized spacial score (nSPS) is 11.7. The van der Waals surface area contributed by atoms with Crippen molar-refractivity contribution in [3.05, 3.63) is 53.1 Å². The van der Waals surface area contributed by atoms with Crippen molar-refractivity contribution in [3.8, 4) is 11.5 Å². The highest BCUT2D eigenvalue weighted by atomic mass is 35.5. The summed E-state index contributed by atoms with van der Waals surface area (Å²) < 4.78 is 10.9. The maximum atomic E-state index is 12.4. The molecule has 0 radical (unpaired) electrons. The summed E-state index contributed by atoms with van der Waals surface area (Å²) in [6.07, 6.45) is -0.0347. The number of aryl methyl sites for hydroxylation is 1. The van der Waals surface area contributed by atoms with Crippen LogP contribution in [0.1, 0.15) is 18.9 Å². The van der Waals surface area contributed by atoms with E-state index in [1.165, 1.54) is 0 Å². The van der Waals surface area contributed by atoms with Crippen LogP contribution in [0.15, 0.2) is 42.5 Å². The minimum absolute atomic E-state index is 0.194. The molecule has 5 heteroatoms. The van der Waals surface area contributed by atoms with Gasteiger partial charge in [0.15, 0.2) is 6.10 Å². The van der Waals surface area contributed by atoms with E-state index in [0.29, 0.717) is 22.9 Å². The zero-order valence-electron chi connectivity index (χ0n) is 13.4. The van der Waals surface area contributed by atoms with Crippen molar-refractivity contribution in [1.82, 2.24) is 0 Å². The molecule has 0 fully saturated rings. The Kier molecular flexibility index (Phi) is 5.88. The highest BCUT2D eigenvalue weighted by molar-refractivity contribution is 6.30. The molecule has 122 valence electrons. The van der Waals surface area contributed by atoms with Crippen molar-refractivity contribution < 1.29 is 14.3 Å². The van der Waals surface area contributed by atoms with Gasteiger partial charge in [-0.25, -0.2) is 0 Å². The van der Waals surface area contributed by atoms with E-state index in [1.54, 1.807) is 37.4 Å². The molecule has 0 aliphatic heterocycles. The first-order valence-electron chi connectivity index (χ1n) is 7.41. The zero-order valence-corrected chi connectivity index (χ0v) is 14.2. The van der Waals surface area contributed by atoms with Gasteiger partial charge in [-0.15, -0.1) is 0 Å². The molecule has 0 spiro atoms.